The lowest BCUT2D eigenvalue weighted by Crippen LogP contribution is -2.57. The lowest BCUT2D eigenvalue weighted by atomic mass is 9.44. The SMILES string of the molecule is C[C@H](CCC(=O)c1ccccc1)[C@H]1CC[C@H]2[C@@H]3CCC4CC(=O)CC[C@]4(C)[C@H]3CC(=O)[C@]12C. The van der Waals surface area contributed by atoms with E-state index in [1.807, 2.05) is 30.3 Å². The first-order valence-electron chi connectivity index (χ1n) is 13.4. The second-order valence-corrected chi connectivity index (χ2v) is 12.3. The molecular formula is C30H40O3. The van der Waals surface area contributed by atoms with E-state index in [-0.39, 0.29) is 16.6 Å². The number of Topliss-reactive ketones (excluding diaryl/α,β-unsaturated/α-hetero) is 3. The van der Waals surface area contributed by atoms with E-state index in [1.54, 1.807) is 0 Å². The molecule has 4 fully saturated rings. The van der Waals surface area contributed by atoms with Crippen molar-refractivity contribution < 1.29 is 14.4 Å². The van der Waals surface area contributed by atoms with Crippen molar-refractivity contribution in [2.24, 2.45) is 46.3 Å². The summed E-state index contributed by atoms with van der Waals surface area (Å²) in [4.78, 5) is 38.7. The lowest BCUT2D eigenvalue weighted by molar-refractivity contribution is -0.159. The van der Waals surface area contributed by atoms with Gasteiger partial charge in [0.05, 0.1) is 0 Å². The quantitative estimate of drug-likeness (QED) is 0.471. The molecule has 1 unspecified atom stereocenters. The summed E-state index contributed by atoms with van der Waals surface area (Å²) in [7, 11) is 0. The smallest absolute Gasteiger partial charge is 0.162 e. The first-order valence-corrected chi connectivity index (χ1v) is 13.4. The van der Waals surface area contributed by atoms with Gasteiger partial charge in [0.15, 0.2) is 5.78 Å². The molecule has 3 nitrogen and oxygen atoms in total. The minimum Gasteiger partial charge on any atom is -0.300 e. The van der Waals surface area contributed by atoms with Gasteiger partial charge < -0.3 is 0 Å². The fourth-order valence-corrected chi connectivity index (χ4v) is 9.02. The molecule has 0 spiro atoms. The van der Waals surface area contributed by atoms with Gasteiger partial charge in [-0.1, -0.05) is 51.1 Å². The number of hydrogen-bond donors (Lipinski definition) is 0. The highest BCUT2D eigenvalue weighted by Gasteiger charge is 2.63. The Morgan fingerprint density at radius 2 is 1.76 bits per heavy atom. The molecule has 1 aromatic carbocycles. The highest BCUT2D eigenvalue weighted by Crippen LogP contribution is 2.67. The van der Waals surface area contributed by atoms with E-state index < -0.39 is 0 Å². The molecule has 33 heavy (non-hydrogen) atoms. The Balaban J connectivity index is 1.31. The number of hydrogen-bond acceptors (Lipinski definition) is 3. The maximum atomic E-state index is 13.9. The molecule has 4 aliphatic carbocycles. The molecule has 8 atom stereocenters. The first kappa shape index (κ1) is 23.0. The molecule has 3 heteroatoms. The maximum absolute atomic E-state index is 13.9. The predicted octanol–water partition coefficient (Wildman–Crippen LogP) is 6.69. The van der Waals surface area contributed by atoms with E-state index in [4.69, 9.17) is 0 Å². The lowest BCUT2D eigenvalue weighted by Gasteiger charge is -2.59. The van der Waals surface area contributed by atoms with Gasteiger partial charge >= 0.3 is 0 Å². The molecule has 178 valence electrons. The molecule has 1 aromatic rings. The number of benzene rings is 1. The summed E-state index contributed by atoms with van der Waals surface area (Å²) in [6.07, 6.45) is 9.21. The van der Waals surface area contributed by atoms with Gasteiger partial charge in [0.2, 0.25) is 0 Å². The summed E-state index contributed by atoms with van der Waals surface area (Å²) in [5, 5.41) is 0. The third kappa shape index (κ3) is 3.65. The Bertz CT molecular complexity index is 935. The van der Waals surface area contributed by atoms with Crippen LogP contribution in [0.2, 0.25) is 0 Å². The largest absolute Gasteiger partial charge is 0.300 e. The van der Waals surface area contributed by atoms with Gasteiger partial charge in [0, 0.05) is 36.7 Å². The van der Waals surface area contributed by atoms with Gasteiger partial charge in [0.25, 0.3) is 0 Å². The van der Waals surface area contributed by atoms with E-state index in [0.29, 0.717) is 66.3 Å². The van der Waals surface area contributed by atoms with Crippen LogP contribution in [0.15, 0.2) is 30.3 Å². The Labute approximate surface area is 199 Å². The van der Waals surface area contributed by atoms with Gasteiger partial charge in [-0.2, -0.15) is 0 Å². The van der Waals surface area contributed by atoms with Gasteiger partial charge in [-0.3, -0.25) is 14.4 Å². The van der Waals surface area contributed by atoms with Crippen molar-refractivity contribution in [2.75, 3.05) is 0 Å². The molecule has 0 saturated heterocycles. The topological polar surface area (TPSA) is 51.2 Å². The van der Waals surface area contributed by atoms with Gasteiger partial charge in [-0.15, -0.1) is 0 Å². The highest BCUT2D eigenvalue weighted by molar-refractivity contribution is 5.96. The fraction of sp³-hybridized carbons (Fsp3) is 0.700. The van der Waals surface area contributed by atoms with Crippen molar-refractivity contribution >= 4 is 17.3 Å². The van der Waals surface area contributed by atoms with Crippen LogP contribution in [0.3, 0.4) is 0 Å². The molecular weight excluding hydrogens is 408 g/mol. The van der Waals surface area contributed by atoms with Crippen LogP contribution in [0.5, 0.6) is 0 Å². The maximum Gasteiger partial charge on any atom is 0.162 e. The molecule has 0 heterocycles. The number of fused-ring (bicyclic) bond motifs is 5. The van der Waals surface area contributed by atoms with Crippen molar-refractivity contribution in [1.29, 1.82) is 0 Å². The van der Waals surface area contributed by atoms with Crippen LogP contribution in [0.25, 0.3) is 0 Å². The summed E-state index contributed by atoms with van der Waals surface area (Å²) >= 11 is 0. The summed E-state index contributed by atoms with van der Waals surface area (Å²) in [5.74, 6) is 3.96. The minimum atomic E-state index is -0.232. The average Bonchev–Trinajstić information content (AvgIpc) is 3.18. The molecule has 0 amide bonds. The van der Waals surface area contributed by atoms with Crippen molar-refractivity contribution in [2.45, 2.75) is 85.0 Å². The first-order chi connectivity index (χ1) is 15.7. The third-order valence-corrected chi connectivity index (χ3v) is 11.0. The van der Waals surface area contributed by atoms with Gasteiger partial charge in [0.1, 0.15) is 11.6 Å². The molecule has 0 N–H and O–H groups in total. The van der Waals surface area contributed by atoms with E-state index in [2.05, 4.69) is 20.8 Å². The molecule has 4 aliphatic rings. The van der Waals surface area contributed by atoms with Crippen LogP contribution < -0.4 is 0 Å². The van der Waals surface area contributed by atoms with Crippen LogP contribution in [-0.4, -0.2) is 17.3 Å². The number of rotatable bonds is 5. The van der Waals surface area contributed by atoms with Crippen molar-refractivity contribution in [3.63, 3.8) is 0 Å². The standard InChI is InChI=1S/C30H40O3/c1-19(9-14-27(32)20-7-5-4-6-8-20)24-12-13-25-23-11-10-21-17-22(31)15-16-29(21,2)26(23)18-28(33)30(24,25)3/h4-8,19,21,23-26H,9-18H2,1-3H3/t19-,21?,23+,24-,25+,26+,29+,30-/m1/s1. The number of carbonyl (C=O) groups is 3. The molecule has 0 radical (unpaired) electrons. The van der Waals surface area contributed by atoms with E-state index in [9.17, 15) is 14.4 Å². The predicted molar refractivity (Wildman–Crippen MR) is 130 cm³/mol. The van der Waals surface area contributed by atoms with E-state index >= 15 is 0 Å². The van der Waals surface area contributed by atoms with Crippen LogP contribution >= 0.6 is 0 Å². The summed E-state index contributed by atoms with van der Waals surface area (Å²) in [6, 6.07) is 9.60. The van der Waals surface area contributed by atoms with Crippen LogP contribution in [0, 0.1) is 46.3 Å². The van der Waals surface area contributed by atoms with Crippen molar-refractivity contribution in [1.82, 2.24) is 0 Å². The van der Waals surface area contributed by atoms with Crippen LogP contribution in [-0.2, 0) is 9.59 Å². The molecule has 5 rings (SSSR count). The average molecular weight is 449 g/mol. The zero-order chi connectivity index (χ0) is 23.4. The fourth-order valence-electron chi connectivity index (χ4n) is 9.02. The minimum absolute atomic E-state index is 0.166. The van der Waals surface area contributed by atoms with Crippen molar-refractivity contribution in [3.05, 3.63) is 35.9 Å². The Hall–Kier alpha value is -1.77. The molecule has 0 aromatic heterocycles. The summed E-state index contributed by atoms with van der Waals surface area (Å²) in [6.45, 7) is 6.96. The normalized spacial score (nSPS) is 41.1. The molecule has 4 saturated carbocycles. The Morgan fingerprint density at radius 1 is 1.00 bits per heavy atom. The number of carbonyl (C=O) groups excluding carboxylic acids is 3. The monoisotopic (exact) mass is 448 g/mol. The Morgan fingerprint density at radius 3 is 2.52 bits per heavy atom. The van der Waals surface area contributed by atoms with E-state index in [1.165, 1.54) is 6.42 Å². The van der Waals surface area contributed by atoms with Crippen LogP contribution in [0.4, 0.5) is 0 Å². The highest BCUT2D eigenvalue weighted by atomic mass is 16.1. The molecule has 0 aliphatic heterocycles. The molecule has 0 bridgehead atoms. The zero-order valence-electron chi connectivity index (χ0n) is 20.6. The second-order valence-electron chi connectivity index (χ2n) is 12.3. The Kier molecular flexibility index (Phi) is 5.90. The third-order valence-electron chi connectivity index (χ3n) is 11.0. The second kappa shape index (κ2) is 8.47. The number of ketones is 3. The van der Waals surface area contributed by atoms with Gasteiger partial charge in [-0.05, 0) is 79.4 Å². The van der Waals surface area contributed by atoms with Crippen LogP contribution in [0.1, 0.15) is 95.3 Å². The van der Waals surface area contributed by atoms with E-state index in [0.717, 1.165) is 44.1 Å². The van der Waals surface area contributed by atoms with Gasteiger partial charge in [-0.25, -0.2) is 0 Å². The zero-order valence-corrected chi connectivity index (χ0v) is 20.6. The summed E-state index contributed by atoms with van der Waals surface area (Å²) < 4.78 is 0. The summed E-state index contributed by atoms with van der Waals surface area (Å²) in [5.41, 5.74) is 0.733. The van der Waals surface area contributed by atoms with Crippen molar-refractivity contribution in [3.8, 4) is 0 Å².